The molecule has 7 nitrogen and oxygen atoms in total. The Morgan fingerprint density at radius 1 is 1.22 bits per heavy atom. The van der Waals surface area contributed by atoms with E-state index in [4.69, 9.17) is 5.11 Å². The van der Waals surface area contributed by atoms with Gasteiger partial charge in [-0.15, -0.1) is 0 Å². The molecule has 0 spiro atoms. The van der Waals surface area contributed by atoms with E-state index in [1.165, 1.54) is 0 Å². The summed E-state index contributed by atoms with van der Waals surface area (Å²) in [6.45, 7) is 2.92. The second-order valence-corrected chi connectivity index (χ2v) is 3.39. The quantitative estimate of drug-likeness (QED) is 0.439. The number of carbonyl (C=O) groups is 3. The summed E-state index contributed by atoms with van der Waals surface area (Å²) in [6.07, 6.45) is -0.403. The number of carbonyl (C=O) groups excluding carboxylic acids is 2. The number of ether oxygens (including phenoxy) is 2. The van der Waals surface area contributed by atoms with Gasteiger partial charge in [0.25, 0.3) is 0 Å². The number of carboxylic acids is 1. The Labute approximate surface area is 104 Å². The normalized spacial score (nSPS) is 11.4. The van der Waals surface area contributed by atoms with E-state index in [0.717, 1.165) is 6.08 Å². The molecular weight excluding hydrogens is 244 g/mol. The minimum atomic E-state index is -1.09. The molecule has 0 aromatic carbocycles. The summed E-state index contributed by atoms with van der Waals surface area (Å²) in [5.74, 6) is -2.39. The van der Waals surface area contributed by atoms with Crippen molar-refractivity contribution in [2.45, 2.75) is 25.4 Å². The summed E-state index contributed by atoms with van der Waals surface area (Å²) < 4.78 is 9.24. The number of aliphatic carboxylic acids is 1. The lowest BCUT2D eigenvalue weighted by Crippen LogP contribution is -2.21. The molecule has 0 aliphatic heterocycles. The number of hydrogen-bond donors (Lipinski definition) is 2. The Kier molecular flexibility index (Phi) is 8.21. The molecule has 0 aromatic heterocycles. The van der Waals surface area contributed by atoms with Crippen LogP contribution in [-0.4, -0.2) is 47.4 Å². The summed E-state index contributed by atoms with van der Waals surface area (Å²) >= 11 is 0. The molecule has 2 N–H and O–H groups in total. The molecule has 0 saturated carbocycles. The van der Waals surface area contributed by atoms with Crippen molar-refractivity contribution in [3.63, 3.8) is 0 Å². The van der Waals surface area contributed by atoms with E-state index in [-0.39, 0.29) is 32.5 Å². The Morgan fingerprint density at radius 3 is 2.44 bits per heavy atom. The van der Waals surface area contributed by atoms with Crippen LogP contribution in [0.25, 0.3) is 0 Å². The topological polar surface area (TPSA) is 110 Å². The summed E-state index contributed by atoms with van der Waals surface area (Å²) in [5, 5.41) is 17.7. The fourth-order valence-electron chi connectivity index (χ4n) is 0.908. The van der Waals surface area contributed by atoms with Gasteiger partial charge in [0.1, 0.15) is 6.61 Å². The van der Waals surface area contributed by atoms with Crippen molar-refractivity contribution in [1.82, 2.24) is 0 Å². The van der Waals surface area contributed by atoms with E-state index in [1.807, 2.05) is 0 Å². The number of aliphatic hydroxyl groups excluding tert-OH is 1. The van der Waals surface area contributed by atoms with Gasteiger partial charge >= 0.3 is 17.9 Å². The van der Waals surface area contributed by atoms with Crippen molar-refractivity contribution in [2.75, 3.05) is 13.2 Å². The molecule has 0 fully saturated rings. The van der Waals surface area contributed by atoms with Crippen molar-refractivity contribution >= 4 is 17.9 Å². The first-order chi connectivity index (χ1) is 8.45. The third-order valence-corrected chi connectivity index (χ3v) is 1.84. The maximum absolute atomic E-state index is 11.0. The van der Waals surface area contributed by atoms with E-state index in [2.05, 4.69) is 16.1 Å². The van der Waals surface area contributed by atoms with Crippen LogP contribution in [0, 0.1) is 0 Å². The minimum Gasteiger partial charge on any atom is -0.481 e. The highest BCUT2D eigenvalue weighted by Gasteiger charge is 2.11. The number of carboxylic acid groups (broad SMARTS) is 1. The van der Waals surface area contributed by atoms with Gasteiger partial charge in [-0.3, -0.25) is 9.59 Å². The van der Waals surface area contributed by atoms with Crippen LogP contribution in [0.4, 0.5) is 0 Å². The molecule has 1 atom stereocenters. The third kappa shape index (κ3) is 9.34. The lowest BCUT2D eigenvalue weighted by atomic mass is 10.3. The zero-order valence-electron chi connectivity index (χ0n) is 9.83. The van der Waals surface area contributed by atoms with Gasteiger partial charge in [-0.1, -0.05) is 6.58 Å². The van der Waals surface area contributed by atoms with E-state index in [0.29, 0.717) is 0 Å². The molecule has 0 aromatic rings. The molecule has 18 heavy (non-hydrogen) atoms. The van der Waals surface area contributed by atoms with Crippen LogP contribution in [0.3, 0.4) is 0 Å². The predicted octanol–water partition coefficient (Wildman–Crippen LogP) is -0.125. The highest BCUT2D eigenvalue weighted by molar-refractivity contribution is 5.81. The zero-order chi connectivity index (χ0) is 14.0. The molecule has 102 valence electrons. The second-order valence-electron chi connectivity index (χ2n) is 3.39. The Balaban J connectivity index is 3.60. The smallest absolute Gasteiger partial charge is 0.330 e. The number of esters is 2. The molecule has 0 radical (unpaired) electrons. The zero-order valence-corrected chi connectivity index (χ0v) is 9.83. The van der Waals surface area contributed by atoms with Crippen molar-refractivity contribution in [3.05, 3.63) is 12.7 Å². The maximum atomic E-state index is 11.0. The van der Waals surface area contributed by atoms with Crippen LogP contribution >= 0.6 is 0 Å². The summed E-state index contributed by atoms with van der Waals surface area (Å²) in [5.41, 5.74) is 0. The first kappa shape index (κ1) is 16.1. The fraction of sp³-hybridized carbons (Fsp3) is 0.545. The molecule has 0 rings (SSSR count). The fourth-order valence-corrected chi connectivity index (χ4v) is 0.908. The van der Waals surface area contributed by atoms with E-state index >= 15 is 0 Å². The molecule has 0 bridgehead atoms. The van der Waals surface area contributed by atoms with Gasteiger partial charge in [0.05, 0.1) is 25.6 Å². The number of rotatable bonds is 9. The van der Waals surface area contributed by atoms with Gasteiger partial charge < -0.3 is 19.7 Å². The standard InChI is InChI=1S/C11H16O7/c1-2-10(15)17-6-5-8(12)7-18-11(16)4-3-9(13)14/h2,8,12H,1,3-7H2,(H,13,14). The summed E-state index contributed by atoms with van der Waals surface area (Å²) in [7, 11) is 0. The first-order valence-electron chi connectivity index (χ1n) is 5.30. The molecule has 0 aliphatic carbocycles. The predicted molar refractivity (Wildman–Crippen MR) is 59.6 cm³/mol. The first-order valence-corrected chi connectivity index (χ1v) is 5.30. The van der Waals surface area contributed by atoms with Gasteiger partial charge in [0.2, 0.25) is 0 Å². The van der Waals surface area contributed by atoms with Gasteiger partial charge in [-0.05, 0) is 0 Å². The van der Waals surface area contributed by atoms with Crippen molar-refractivity contribution in [3.8, 4) is 0 Å². The summed E-state index contributed by atoms with van der Waals surface area (Å²) in [4.78, 5) is 31.8. The van der Waals surface area contributed by atoms with Gasteiger partial charge in [-0.25, -0.2) is 4.79 Å². The van der Waals surface area contributed by atoms with Crippen LogP contribution in [-0.2, 0) is 23.9 Å². The average Bonchev–Trinajstić information content (AvgIpc) is 2.33. The highest BCUT2D eigenvalue weighted by atomic mass is 16.5. The van der Waals surface area contributed by atoms with Crippen LogP contribution in [0.2, 0.25) is 0 Å². The Bertz CT molecular complexity index is 311. The maximum Gasteiger partial charge on any atom is 0.330 e. The third-order valence-electron chi connectivity index (χ3n) is 1.84. The highest BCUT2D eigenvalue weighted by Crippen LogP contribution is 1.98. The van der Waals surface area contributed by atoms with E-state index in [9.17, 15) is 19.5 Å². The van der Waals surface area contributed by atoms with Gasteiger partial charge in [0, 0.05) is 12.5 Å². The molecule has 1 unspecified atom stereocenters. The monoisotopic (exact) mass is 260 g/mol. The van der Waals surface area contributed by atoms with E-state index in [1.54, 1.807) is 0 Å². The van der Waals surface area contributed by atoms with Crippen LogP contribution in [0.5, 0.6) is 0 Å². The summed E-state index contributed by atoms with van der Waals surface area (Å²) in [6, 6.07) is 0. The van der Waals surface area contributed by atoms with Crippen molar-refractivity contribution in [1.29, 1.82) is 0 Å². The Morgan fingerprint density at radius 2 is 1.89 bits per heavy atom. The van der Waals surface area contributed by atoms with Gasteiger partial charge in [0.15, 0.2) is 0 Å². The van der Waals surface area contributed by atoms with Crippen LogP contribution in [0.15, 0.2) is 12.7 Å². The molecule has 0 heterocycles. The number of hydrogen-bond acceptors (Lipinski definition) is 6. The minimum absolute atomic E-state index is 0.0152. The average molecular weight is 260 g/mol. The van der Waals surface area contributed by atoms with E-state index < -0.39 is 24.0 Å². The Hall–Kier alpha value is -1.89. The van der Waals surface area contributed by atoms with Crippen LogP contribution in [0.1, 0.15) is 19.3 Å². The van der Waals surface area contributed by atoms with Crippen LogP contribution < -0.4 is 0 Å². The molecule has 0 amide bonds. The molecule has 0 aliphatic rings. The van der Waals surface area contributed by atoms with Gasteiger partial charge in [-0.2, -0.15) is 0 Å². The second kappa shape index (κ2) is 9.17. The van der Waals surface area contributed by atoms with Crippen molar-refractivity contribution in [2.24, 2.45) is 0 Å². The molecular formula is C11H16O7. The largest absolute Gasteiger partial charge is 0.481 e. The SMILES string of the molecule is C=CC(=O)OCCC(O)COC(=O)CCC(=O)O. The lowest BCUT2D eigenvalue weighted by Gasteiger charge is -2.10. The lowest BCUT2D eigenvalue weighted by molar-refractivity contribution is -0.150. The number of aliphatic hydroxyl groups is 1. The molecule has 7 heteroatoms. The molecule has 0 saturated heterocycles. The van der Waals surface area contributed by atoms with Crippen molar-refractivity contribution < 1.29 is 34.1 Å².